The first kappa shape index (κ1) is 8.89. The highest BCUT2D eigenvalue weighted by atomic mass is 32.1. The van der Waals surface area contributed by atoms with E-state index in [1.165, 1.54) is 17.5 Å². The molecule has 0 spiro atoms. The lowest BCUT2D eigenvalue weighted by Gasteiger charge is -1.92. The molecular weight excluding hydrogens is 204 g/mol. The summed E-state index contributed by atoms with van der Waals surface area (Å²) in [4.78, 5) is 15.2. The van der Waals surface area contributed by atoms with Crippen LogP contribution in [0.15, 0.2) is 22.4 Å². The summed E-state index contributed by atoms with van der Waals surface area (Å²) in [6.45, 7) is 0. The van der Waals surface area contributed by atoms with Gasteiger partial charge in [-0.3, -0.25) is 9.78 Å². The number of thiazole rings is 1. The first-order valence-corrected chi connectivity index (χ1v) is 4.69. The second-order valence-electron chi connectivity index (χ2n) is 2.62. The van der Waals surface area contributed by atoms with Gasteiger partial charge < -0.3 is 9.63 Å². The maximum absolute atomic E-state index is 10.5. The normalized spacial score (nSPS) is 10.3. The van der Waals surface area contributed by atoms with E-state index in [0.29, 0.717) is 11.3 Å². The standard InChI is InChI=1S/C8H6N2O3S/c11-7(12)1-5-2-10-13-8(5)6-3-9-4-14-6/h2-4H,1H2,(H,11,12). The topological polar surface area (TPSA) is 76.2 Å². The number of rotatable bonds is 3. The number of aromatic nitrogens is 2. The molecule has 72 valence electrons. The minimum absolute atomic E-state index is 0.0866. The van der Waals surface area contributed by atoms with Gasteiger partial charge in [0.05, 0.1) is 23.0 Å². The Morgan fingerprint density at radius 2 is 2.43 bits per heavy atom. The first-order chi connectivity index (χ1) is 6.77. The number of aliphatic carboxylic acids is 1. The van der Waals surface area contributed by atoms with E-state index in [0.717, 1.165) is 4.88 Å². The Morgan fingerprint density at radius 1 is 1.57 bits per heavy atom. The minimum atomic E-state index is -0.904. The summed E-state index contributed by atoms with van der Waals surface area (Å²) in [6.07, 6.45) is 2.95. The van der Waals surface area contributed by atoms with Crippen molar-refractivity contribution < 1.29 is 14.4 Å². The average molecular weight is 210 g/mol. The van der Waals surface area contributed by atoms with Gasteiger partial charge in [0, 0.05) is 11.8 Å². The van der Waals surface area contributed by atoms with Crippen LogP contribution in [0.5, 0.6) is 0 Å². The Morgan fingerprint density at radius 3 is 3.07 bits per heavy atom. The molecular formula is C8H6N2O3S. The van der Waals surface area contributed by atoms with Gasteiger partial charge in [-0.15, -0.1) is 11.3 Å². The van der Waals surface area contributed by atoms with Crippen molar-refractivity contribution in [2.24, 2.45) is 0 Å². The van der Waals surface area contributed by atoms with Gasteiger partial charge in [-0.25, -0.2) is 0 Å². The van der Waals surface area contributed by atoms with E-state index < -0.39 is 5.97 Å². The van der Waals surface area contributed by atoms with Crippen LogP contribution in [-0.2, 0) is 11.2 Å². The molecule has 2 rings (SSSR count). The van der Waals surface area contributed by atoms with Crippen molar-refractivity contribution in [2.75, 3.05) is 0 Å². The highest BCUT2D eigenvalue weighted by molar-refractivity contribution is 7.13. The van der Waals surface area contributed by atoms with Gasteiger partial charge in [-0.2, -0.15) is 0 Å². The SMILES string of the molecule is O=C(O)Cc1cnoc1-c1cncs1. The molecule has 0 saturated carbocycles. The molecule has 14 heavy (non-hydrogen) atoms. The van der Waals surface area contributed by atoms with Crippen molar-refractivity contribution in [3.05, 3.63) is 23.5 Å². The number of hydrogen-bond acceptors (Lipinski definition) is 5. The highest BCUT2D eigenvalue weighted by Crippen LogP contribution is 2.26. The fourth-order valence-corrected chi connectivity index (χ4v) is 1.71. The van der Waals surface area contributed by atoms with Gasteiger partial charge in [0.2, 0.25) is 0 Å². The minimum Gasteiger partial charge on any atom is -0.481 e. The number of hydrogen-bond donors (Lipinski definition) is 1. The van der Waals surface area contributed by atoms with Gasteiger partial charge >= 0.3 is 5.97 Å². The van der Waals surface area contributed by atoms with Crippen LogP contribution in [0, 0.1) is 0 Å². The summed E-state index contributed by atoms with van der Waals surface area (Å²) < 4.78 is 4.97. The summed E-state index contributed by atoms with van der Waals surface area (Å²) in [6, 6.07) is 0. The molecule has 0 radical (unpaired) electrons. The van der Waals surface area contributed by atoms with Crippen molar-refractivity contribution in [1.82, 2.24) is 10.1 Å². The fraction of sp³-hybridized carbons (Fsp3) is 0.125. The Hall–Kier alpha value is -1.69. The molecule has 6 heteroatoms. The van der Waals surface area contributed by atoms with Gasteiger partial charge in [0.25, 0.3) is 0 Å². The third kappa shape index (κ3) is 1.64. The fourth-order valence-electron chi connectivity index (χ4n) is 1.08. The van der Waals surface area contributed by atoms with E-state index >= 15 is 0 Å². The molecule has 0 aliphatic rings. The molecule has 1 N–H and O–H groups in total. The maximum Gasteiger partial charge on any atom is 0.308 e. The maximum atomic E-state index is 10.5. The van der Waals surface area contributed by atoms with E-state index in [2.05, 4.69) is 10.1 Å². The zero-order valence-electron chi connectivity index (χ0n) is 7.01. The molecule has 5 nitrogen and oxygen atoms in total. The van der Waals surface area contributed by atoms with Crippen molar-refractivity contribution >= 4 is 17.3 Å². The molecule has 0 unspecified atom stereocenters. The summed E-state index contributed by atoms with van der Waals surface area (Å²) in [5.41, 5.74) is 2.23. The third-order valence-electron chi connectivity index (χ3n) is 1.64. The Labute approximate surface area is 83.0 Å². The largest absolute Gasteiger partial charge is 0.481 e. The average Bonchev–Trinajstić information content (AvgIpc) is 2.70. The van der Waals surface area contributed by atoms with Crippen LogP contribution in [0.1, 0.15) is 5.56 Å². The van der Waals surface area contributed by atoms with E-state index in [4.69, 9.17) is 9.63 Å². The van der Waals surface area contributed by atoms with Crippen LogP contribution in [0.3, 0.4) is 0 Å². The zero-order valence-corrected chi connectivity index (χ0v) is 7.82. The molecule has 0 bridgehead atoms. The smallest absolute Gasteiger partial charge is 0.308 e. The molecule has 0 aliphatic carbocycles. The number of carboxylic acids is 1. The van der Waals surface area contributed by atoms with Crippen LogP contribution in [0.4, 0.5) is 0 Å². The van der Waals surface area contributed by atoms with E-state index in [1.54, 1.807) is 11.7 Å². The summed E-state index contributed by atoms with van der Waals surface area (Å²) >= 11 is 1.38. The van der Waals surface area contributed by atoms with Crippen LogP contribution in [0.25, 0.3) is 10.6 Å². The van der Waals surface area contributed by atoms with Crippen molar-refractivity contribution in [3.8, 4) is 10.6 Å². The molecule has 0 aromatic carbocycles. The molecule has 0 fully saturated rings. The highest BCUT2D eigenvalue weighted by Gasteiger charge is 2.14. The molecule has 2 aromatic rings. The molecule has 0 atom stereocenters. The Balaban J connectivity index is 2.35. The number of nitrogens with zero attached hydrogens (tertiary/aromatic N) is 2. The van der Waals surface area contributed by atoms with Gasteiger partial charge in [-0.05, 0) is 0 Å². The first-order valence-electron chi connectivity index (χ1n) is 3.81. The van der Waals surface area contributed by atoms with Gasteiger partial charge in [-0.1, -0.05) is 5.16 Å². The molecule has 0 saturated heterocycles. The van der Waals surface area contributed by atoms with E-state index in [-0.39, 0.29) is 6.42 Å². The summed E-state index contributed by atoms with van der Waals surface area (Å²) in [7, 11) is 0. The Bertz CT molecular complexity index is 435. The second kappa shape index (κ2) is 3.59. The van der Waals surface area contributed by atoms with Crippen LogP contribution in [0.2, 0.25) is 0 Å². The number of carbonyl (C=O) groups is 1. The van der Waals surface area contributed by atoms with Crippen molar-refractivity contribution in [2.45, 2.75) is 6.42 Å². The zero-order chi connectivity index (χ0) is 9.97. The lowest BCUT2D eigenvalue weighted by molar-refractivity contribution is -0.136. The second-order valence-corrected chi connectivity index (χ2v) is 3.50. The van der Waals surface area contributed by atoms with Crippen LogP contribution in [-0.4, -0.2) is 21.2 Å². The summed E-state index contributed by atoms with van der Waals surface area (Å²) in [5.74, 6) is -0.408. The monoisotopic (exact) mass is 210 g/mol. The van der Waals surface area contributed by atoms with Crippen molar-refractivity contribution in [3.63, 3.8) is 0 Å². The predicted octanol–water partition coefficient (Wildman–Crippen LogP) is 1.43. The Kier molecular flexibility index (Phi) is 2.28. The van der Waals surface area contributed by atoms with E-state index in [9.17, 15) is 4.79 Å². The molecule has 0 aliphatic heterocycles. The molecule has 0 amide bonds. The molecule has 2 aromatic heterocycles. The van der Waals surface area contributed by atoms with Crippen LogP contribution < -0.4 is 0 Å². The van der Waals surface area contributed by atoms with Crippen molar-refractivity contribution in [1.29, 1.82) is 0 Å². The lowest BCUT2D eigenvalue weighted by Crippen LogP contribution is -1.99. The van der Waals surface area contributed by atoms with E-state index in [1.807, 2.05) is 0 Å². The molecule has 2 heterocycles. The quantitative estimate of drug-likeness (QED) is 0.829. The van der Waals surface area contributed by atoms with Gasteiger partial charge in [0.1, 0.15) is 0 Å². The predicted molar refractivity (Wildman–Crippen MR) is 49.0 cm³/mol. The third-order valence-corrected chi connectivity index (χ3v) is 2.41. The number of carboxylic acid groups (broad SMARTS) is 1. The van der Waals surface area contributed by atoms with Gasteiger partial charge in [0.15, 0.2) is 5.76 Å². The lowest BCUT2D eigenvalue weighted by atomic mass is 10.2. The summed E-state index contributed by atoms with van der Waals surface area (Å²) in [5, 5.41) is 12.2. The van der Waals surface area contributed by atoms with Crippen LogP contribution >= 0.6 is 11.3 Å².